The molecular formula is C19H22N2O4. The standard InChI is InChI=1S/C19H22N2O4/c22-16(25-13-5-1-2-6-13)11-20-18(23)17-14-7-3-4-8-15(14)19(24)21(17)12-9-10-12/h3-4,7-8,12-13,17H,1-2,5-6,9-11H2,(H,20,23)/t17-/m0/s1. The van der Waals surface area contributed by atoms with Crippen LogP contribution in [0.15, 0.2) is 24.3 Å². The number of fused-ring (bicyclic) bond motifs is 1. The third-order valence-electron chi connectivity index (χ3n) is 5.19. The molecule has 0 unspecified atom stereocenters. The minimum absolute atomic E-state index is 0.0128. The number of esters is 1. The van der Waals surface area contributed by atoms with E-state index < -0.39 is 12.0 Å². The fourth-order valence-electron chi connectivity index (χ4n) is 3.82. The van der Waals surface area contributed by atoms with Crippen LogP contribution in [0.5, 0.6) is 0 Å². The Bertz CT molecular complexity index is 707. The van der Waals surface area contributed by atoms with E-state index in [1.807, 2.05) is 12.1 Å². The quantitative estimate of drug-likeness (QED) is 0.830. The Labute approximate surface area is 146 Å². The van der Waals surface area contributed by atoms with E-state index >= 15 is 0 Å². The molecule has 0 aromatic heterocycles. The molecule has 0 radical (unpaired) electrons. The first-order valence-electron chi connectivity index (χ1n) is 9.04. The molecule has 6 nitrogen and oxygen atoms in total. The number of nitrogens with zero attached hydrogens (tertiary/aromatic N) is 1. The Morgan fingerprint density at radius 1 is 1.12 bits per heavy atom. The van der Waals surface area contributed by atoms with Crippen LogP contribution in [0.3, 0.4) is 0 Å². The molecule has 4 rings (SSSR count). The number of nitrogens with one attached hydrogen (secondary N) is 1. The van der Waals surface area contributed by atoms with Gasteiger partial charge in [-0.25, -0.2) is 0 Å². The lowest BCUT2D eigenvalue weighted by molar-refractivity contribution is -0.149. The van der Waals surface area contributed by atoms with Crippen LogP contribution in [-0.4, -0.2) is 41.4 Å². The van der Waals surface area contributed by atoms with E-state index in [0.29, 0.717) is 5.56 Å². The number of amides is 2. The number of hydrogen-bond acceptors (Lipinski definition) is 4. The molecule has 2 aliphatic carbocycles. The van der Waals surface area contributed by atoms with Gasteiger partial charge in [-0.1, -0.05) is 18.2 Å². The highest BCUT2D eigenvalue weighted by molar-refractivity contribution is 6.05. The van der Waals surface area contributed by atoms with Crippen LogP contribution in [-0.2, 0) is 14.3 Å². The SMILES string of the molecule is O=C(CNC(=O)[C@@H]1c2ccccc2C(=O)N1C1CC1)OC1CCCC1. The van der Waals surface area contributed by atoms with E-state index in [1.165, 1.54) is 0 Å². The lowest BCUT2D eigenvalue weighted by Gasteiger charge is -2.24. The van der Waals surface area contributed by atoms with Gasteiger partial charge in [-0.05, 0) is 50.2 Å². The highest BCUT2D eigenvalue weighted by atomic mass is 16.5. The van der Waals surface area contributed by atoms with Crippen molar-refractivity contribution >= 4 is 17.8 Å². The first-order chi connectivity index (χ1) is 12.1. The number of hydrogen-bond donors (Lipinski definition) is 1. The van der Waals surface area contributed by atoms with Crippen molar-refractivity contribution in [2.45, 2.75) is 56.7 Å². The average molecular weight is 342 g/mol. The molecule has 1 aliphatic heterocycles. The minimum atomic E-state index is -0.643. The van der Waals surface area contributed by atoms with Crippen molar-refractivity contribution in [3.63, 3.8) is 0 Å². The zero-order valence-electron chi connectivity index (χ0n) is 14.1. The zero-order chi connectivity index (χ0) is 17.4. The monoisotopic (exact) mass is 342 g/mol. The molecule has 0 bridgehead atoms. The molecule has 132 valence electrons. The molecule has 1 heterocycles. The van der Waals surface area contributed by atoms with Gasteiger partial charge in [-0.2, -0.15) is 0 Å². The van der Waals surface area contributed by atoms with Crippen LogP contribution in [0, 0.1) is 0 Å². The largest absolute Gasteiger partial charge is 0.461 e. The molecule has 1 aromatic carbocycles. The molecule has 1 N–H and O–H groups in total. The topological polar surface area (TPSA) is 75.7 Å². The van der Waals surface area contributed by atoms with Crippen LogP contribution in [0.1, 0.15) is 60.5 Å². The lowest BCUT2D eigenvalue weighted by Crippen LogP contribution is -2.42. The van der Waals surface area contributed by atoms with Gasteiger partial charge in [0.05, 0.1) is 0 Å². The van der Waals surface area contributed by atoms with E-state index in [4.69, 9.17) is 4.74 Å². The Balaban J connectivity index is 1.43. The van der Waals surface area contributed by atoms with Crippen LogP contribution < -0.4 is 5.32 Å². The van der Waals surface area contributed by atoms with Crippen molar-refractivity contribution in [3.8, 4) is 0 Å². The minimum Gasteiger partial charge on any atom is -0.461 e. The summed E-state index contributed by atoms with van der Waals surface area (Å²) in [7, 11) is 0. The van der Waals surface area contributed by atoms with Gasteiger partial charge >= 0.3 is 5.97 Å². The van der Waals surface area contributed by atoms with Gasteiger partial charge in [0.15, 0.2) is 0 Å². The van der Waals surface area contributed by atoms with E-state index in [1.54, 1.807) is 17.0 Å². The predicted molar refractivity (Wildman–Crippen MR) is 89.7 cm³/mol. The fraction of sp³-hybridized carbons (Fsp3) is 0.526. The van der Waals surface area contributed by atoms with Gasteiger partial charge in [0.25, 0.3) is 5.91 Å². The summed E-state index contributed by atoms with van der Waals surface area (Å²) in [5.41, 5.74) is 1.31. The summed E-state index contributed by atoms with van der Waals surface area (Å²) in [6, 6.07) is 6.69. The van der Waals surface area contributed by atoms with Crippen molar-refractivity contribution in [2.75, 3.05) is 6.54 Å². The number of carbonyl (C=O) groups is 3. The summed E-state index contributed by atoms with van der Waals surface area (Å²) >= 11 is 0. The maximum absolute atomic E-state index is 12.7. The van der Waals surface area contributed by atoms with Crippen LogP contribution in [0.2, 0.25) is 0 Å². The first-order valence-corrected chi connectivity index (χ1v) is 9.04. The molecule has 3 aliphatic rings. The van der Waals surface area contributed by atoms with Crippen LogP contribution >= 0.6 is 0 Å². The van der Waals surface area contributed by atoms with Gasteiger partial charge in [0.1, 0.15) is 18.7 Å². The molecule has 0 spiro atoms. The number of carbonyl (C=O) groups excluding carboxylic acids is 3. The van der Waals surface area contributed by atoms with Crippen molar-refractivity contribution in [1.29, 1.82) is 0 Å². The third-order valence-corrected chi connectivity index (χ3v) is 5.19. The van der Waals surface area contributed by atoms with Gasteiger partial charge < -0.3 is 15.0 Å². The third kappa shape index (κ3) is 3.13. The molecule has 6 heteroatoms. The summed E-state index contributed by atoms with van der Waals surface area (Å²) in [5, 5.41) is 2.67. The molecule has 0 saturated heterocycles. The van der Waals surface area contributed by atoms with Crippen molar-refractivity contribution in [1.82, 2.24) is 10.2 Å². The molecule has 1 aromatic rings. The van der Waals surface area contributed by atoms with Crippen molar-refractivity contribution in [3.05, 3.63) is 35.4 Å². The maximum atomic E-state index is 12.7. The fourth-order valence-corrected chi connectivity index (χ4v) is 3.82. The number of ether oxygens (including phenoxy) is 1. The van der Waals surface area contributed by atoms with Crippen molar-refractivity contribution < 1.29 is 19.1 Å². The highest BCUT2D eigenvalue weighted by Crippen LogP contribution is 2.41. The van der Waals surface area contributed by atoms with Crippen LogP contribution in [0.4, 0.5) is 0 Å². The molecule has 1 atom stereocenters. The van der Waals surface area contributed by atoms with Gasteiger partial charge in [-0.3, -0.25) is 14.4 Å². The summed E-state index contributed by atoms with van der Waals surface area (Å²) in [4.78, 5) is 38.9. The molecular weight excluding hydrogens is 320 g/mol. The van der Waals surface area contributed by atoms with E-state index in [-0.39, 0.29) is 30.5 Å². The lowest BCUT2D eigenvalue weighted by atomic mass is 10.0. The Hall–Kier alpha value is -2.37. The summed E-state index contributed by atoms with van der Waals surface area (Å²) in [5.74, 6) is -0.809. The molecule has 2 amide bonds. The predicted octanol–water partition coefficient (Wildman–Crippen LogP) is 1.95. The molecule has 2 saturated carbocycles. The number of rotatable bonds is 5. The van der Waals surface area contributed by atoms with E-state index in [9.17, 15) is 14.4 Å². The van der Waals surface area contributed by atoms with Gasteiger partial charge in [0.2, 0.25) is 5.91 Å². The van der Waals surface area contributed by atoms with E-state index in [0.717, 1.165) is 44.1 Å². The summed E-state index contributed by atoms with van der Waals surface area (Å²) in [6.45, 7) is -0.152. The van der Waals surface area contributed by atoms with Crippen LogP contribution in [0.25, 0.3) is 0 Å². The second-order valence-electron chi connectivity index (χ2n) is 7.05. The highest BCUT2D eigenvalue weighted by Gasteiger charge is 2.47. The summed E-state index contributed by atoms with van der Waals surface area (Å²) < 4.78 is 5.37. The Kier molecular flexibility index (Phi) is 4.19. The van der Waals surface area contributed by atoms with E-state index in [2.05, 4.69) is 5.32 Å². The smallest absolute Gasteiger partial charge is 0.325 e. The summed E-state index contributed by atoms with van der Waals surface area (Å²) in [6.07, 6.45) is 5.81. The van der Waals surface area contributed by atoms with Gasteiger partial charge in [0, 0.05) is 11.6 Å². The normalized spacial score (nSPS) is 22.8. The average Bonchev–Trinajstić information content (AvgIpc) is 3.24. The maximum Gasteiger partial charge on any atom is 0.325 e. The first kappa shape index (κ1) is 16.1. The molecule has 2 fully saturated rings. The van der Waals surface area contributed by atoms with Gasteiger partial charge in [-0.15, -0.1) is 0 Å². The second-order valence-corrected chi connectivity index (χ2v) is 7.05. The zero-order valence-corrected chi connectivity index (χ0v) is 14.1. The number of benzene rings is 1. The Morgan fingerprint density at radius 3 is 2.56 bits per heavy atom. The molecule has 25 heavy (non-hydrogen) atoms. The van der Waals surface area contributed by atoms with Crippen molar-refractivity contribution in [2.24, 2.45) is 0 Å². The Morgan fingerprint density at radius 2 is 1.84 bits per heavy atom. The second kappa shape index (κ2) is 6.50.